The quantitative estimate of drug-likeness (QED) is 0.276. The molecular weight excluding hydrogens is 564 g/mol. The van der Waals surface area contributed by atoms with E-state index in [9.17, 15) is 9.59 Å². The van der Waals surface area contributed by atoms with Crippen LogP contribution in [0.2, 0.25) is 0 Å². The fourth-order valence-corrected chi connectivity index (χ4v) is 4.23. The Hall–Kier alpha value is -4.33. The molecule has 13 nitrogen and oxygen atoms in total. The van der Waals surface area contributed by atoms with Crippen molar-refractivity contribution in [3.63, 3.8) is 0 Å². The van der Waals surface area contributed by atoms with Crippen molar-refractivity contribution >= 4 is 35.0 Å². The molecule has 42 heavy (non-hydrogen) atoms. The molecule has 3 aromatic rings. The Morgan fingerprint density at radius 3 is 2.26 bits per heavy atom. The lowest BCUT2D eigenvalue weighted by atomic mass is 10.2. The normalized spacial score (nSPS) is 11.1. The number of hydrogen-bond acceptors (Lipinski definition) is 12. The van der Waals surface area contributed by atoms with Crippen LogP contribution in [-0.4, -0.2) is 77.9 Å². The number of carbonyl (C=O) groups excluding carboxylic acids is 2. The third-order valence-corrected chi connectivity index (χ3v) is 6.38. The lowest BCUT2D eigenvalue weighted by Crippen LogP contribution is -2.43. The van der Waals surface area contributed by atoms with E-state index in [2.05, 4.69) is 25.6 Å². The Bertz CT molecular complexity index is 1360. The Morgan fingerprint density at radius 1 is 1.02 bits per heavy atom. The molecular formula is C28H38N6O7S. The predicted octanol–water partition coefficient (Wildman–Crippen LogP) is 5.37. The van der Waals surface area contributed by atoms with Gasteiger partial charge in [0.2, 0.25) is 17.7 Å². The highest BCUT2D eigenvalue weighted by Crippen LogP contribution is 2.34. The van der Waals surface area contributed by atoms with Gasteiger partial charge in [-0.2, -0.15) is 15.0 Å². The smallest absolute Gasteiger partial charge is 0.410 e. The van der Waals surface area contributed by atoms with E-state index in [-0.39, 0.29) is 40.3 Å². The summed E-state index contributed by atoms with van der Waals surface area (Å²) in [5.74, 6) is 1.01. The van der Waals surface area contributed by atoms with Gasteiger partial charge in [0.1, 0.15) is 22.8 Å². The summed E-state index contributed by atoms with van der Waals surface area (Å²) in [4.78, 5) is 40.3. The molecule has 3 rings (SSSR count). The van der Waals surface area contributed by atoms with Crippen molar-refractivity contribution in [2.45, 2.75) is 53.2 Å². The molecule has 1 aromatic carbocycles. The molecule has 0 saturated carbocycles. The number of benzene rings is 1. The Morgan fingerprint density at radius 2 is 1.69 bits per heavy atom. The van der Waals surface area contributed by atoms with Gasteiger partial charge in [0.15, 0.2) is 5.69 Å². The first-order valence-electron chi connectivity index (χ1n) is 13.2. The number of methoxy groups -OCH3 is 3. The van der Waals surface area contributed by atoms with E-state index >= 15 is 0 Å². The van der Waals surface area contributed by atoms with Gasteiger partial charge >= 0.3 is 6.09 Å². The molecule has 0 aliphatic carbocycles. The fraction of sp³-hybridized carbons (Fsp3) is 0.464. The van der Waals surface area contributed by atoms with Crippen LogP contribution in [-0.2, 0) is 4.74 Å². The molecule has 0 radical (unpaired) electrons. The molecule has 0 fully saturated rings. The molecule has 0 saturated heterocycles. The van der Waals surface area contributed by atoms with Gasteiger partial charge in [0.05, 0.1) is 21.3 Å². The number of thiazole rings is 1. The van der Waals surface area contributed by atoms with Crippen molar-refractivity contribution in [3.8, 4) is 28.5 Å². The molecule has 14 heteroatoms. The van der Waals surface area contributed by atoms with E-state index in [0.717, 1.165) is 5.56 Å². The predicted molar refractivity (Wildman–Crippen MR) is 160 cm³/mol. The van der Waals surface area contributed by atoms with Crippen LogP contribution in [0.3, 0.4) is 0 Å². The third-order valence-electron chi connectivity index (χ3n) is 5.66. The first-order valence-corrected chi connectivity index (χ1v) is 14.1. The number of nitrogens with zero attached hydrogens (tertiary/aromatic N) is 4. The van der Waals surface area contributed by atoms with E-state index in [1.807, 2.05) is 53.7 Å². The highest BCUT2D eigenvalue weighted by molar-refractivity contribution is 7.11. The topological polar surface area (TPSA) is 146 Å². The van der Waals surface area contributed by atoms with Gasteiger partial charge in [-0.25, -0.2) is 4.79 Å². The summed E-state index contributed by atoms with van der Waals surface area (Å²) in [5.41, 5.74) is 0.535. The minimum Gasteiger partial charge on any atom is -0.497 e. The first-order chi connectivity index (χ1) is 19.8. The van der Waals surface area contributed by atoms with Crippen LogP contribution in [0.15, 0.2) is 23.6 Å². The molecule has 0 bridgehead atoms. The molecule has 0 aliphatic heterocycles. The molecule has 0 spiro atoms. The number of aromatic nitrogens is 3. The molecule has 0 aliphatic rings. The minimum absolute atomic E-state index is 0.0734. The van der Waals surface area contributed by atoms with Crippen molar-refractivity contribution in [2.24, 2.45) is 0 Å². The van der Waals surface area contributed by atoms with E-state index in [0.29, 0.717) is 24.6 Å². The minimum atomic E-state index is -0.607. The second-order valence-electron chi connectivity index (χ2n) is 10.3. The van der Waals surface area contributed by atoms with Gasteiger partial charge < -0.3 is 39.2 Å². The second-order valence-corrected chi connectivity index (χ2v) is 11.1. The zero-order valence-corrected chi connectivity index (χ0v) is 26.2. The average molecular weight is 603 g/mol. The van der Waals surface area contributed by atoms with Gasteiger partial charge in [-0.05, 0) is 53.2 Å². The van der Waals surface area contributed by atoms with Gasteiger partial charge in [0.25, 0.3) is 11.1 Å². The lowest BCUT2D eigenvalue weighted by Gasteiger charge is -2.30. The van der Waals surface area contributed by atoms with Gasteiger partial charge in [-0.3, -0.25) is 4.79 Å². The SMILES string of the molecule is COc1ccc(C)c(Oc2nc(C(=O)Nc3c(OC)nc(NCCN(C(=O)OC(C)(C)C)C(C)C)nc3OC)cs2)c1. The molecule has 0 unspecified atom stereocenters. The van der Waals surface area contributed by atoms with Crippen LogP contribution in [0.5, 0.6) is 28.5 Å². The number of rotatable bonds is 12. The summed E-state index contributed by atoms with van der Waals surface area (Å²) < 4.78 is 27.5. The average Bonchev–Trinajstić information content (AvgIpc) is 3.40. The number of nitrogens with one attached hydrogen (secondary N) is 2. The number of anilines is 2. The Balaban J connectivity index is 1.71. The van der Waals surface area contributed by atoms with Crippen LogP contribution < -0.4 is 29.6 Å². The monoisotopic (exact) mass is 602 g/mol. The summed E-state index contributed by atoms with van der Waals surface area (Å²) in [6.07, 6.45) is -0.414. The largest absolute Gasteiger partial charge is 0.497 e. The highest BCUT2D eigenvalue weighted by atomic mass is 32.1. The number of amides is 2. The molecule has 2 N–H and O–H groups in total. The maximum absolute atomic E-state index is 13.1. The molecule has 2 amide bonds. The van der Waals surface area contributed by atoms with E-state index in [1.165, 1.54) is 25.6 Å². The summed E-state index contributed by atoms with van der Waals surface area (Å²) in [6, 6.07) is 5.36. The number of ether oxygens (including phenoxy) is 5. The Labute approximate surface area is 249 Å². The summed E-state index contributed by atoms with van der Waals surface area (Å²) in [5, 5.41) is 7.64. The van der Waals surface area contributed by atoms with Crippen molar-refractivity contribution in [1.29, 1.82) is 0 Å². The molecule has 0 atom stereocenters. The van der Waals surface area contributed by atoms with E-state index < -0.39 is 17.6 Å². The van der Waals surface area contributed by atoms with Crippen LogP contribution in [0.4, 0.5) is 16.4 Å². The zero-order chi connectivity index (χ0) is 31.0. The van der Waals surface area contributed by atoms with E-state index in [4.69, 9.17) is 23.7 Å². The number of hydrogen-bond donors (Lipinski definition) is 2. The number of aryl methyl sites for hydroxylation is 1. The summed E-state index contributed by atoms with van der Waals surface area (Å²) in [7, 11) is 4.40. The van der Waals surface area contributed by atoms with Gasteiger partial charge in [0, 0.05) is 30.6 Å². The van der Waals surface area contributed by atoms with Gasteiger partial charge in [-0.1, -0.05) is 17.4 Å². The Kier molecular flexibility index (Phi) is 10.8. The summed E-state index contributed by atoms with van der Waals surface area (Å²) >= 11 is 1.17. The van der Waals surface area contributed by atoms with Crippen molar-refractivity contribution < 1.29 is 33.3 Å². The molecule has 2 aromatic heterocycles. The van der Waals surface area contributed by atoms with Crippen LogP contribution >= 0.6 is 11.3 Å². The summed E-state index contributed by atoms with van der Waals surface area (Å²) in [6.45, 7) is 11.8. The maximum Gasteiger partial charge on any atom is 0.410 e. The van der Waals surface area contributed by atoms with Crippen LogP contribution in [0.1, 0.15) is 50.7 Å². The molecule has 2 heterocycles. The fourth-order valence-electron chi connectivity index (χ4n) is 3.57. The van der Waals surface area contributed by atoms with E-state index in [1.54, 1.807) is 23.5 Å². The van der Waals surface area contributed by atoms with Gasteiger partial charge in [-0.15, -0.1) is 0 Å². The highest BCUT2D eigenvalue weighted by Gasteiger charge is 2.25. The van der Waals surface area contributed by atoms with Crippen molar-refractivity contribution in [3.05, 3.63) is 34.8 Å². The van der Waals surface area contributed by atoms with Crippen LogP contribution in [0.25, 0.3) is 0 Å². The third kappa shape index (κ3) is 8.59. The molecule has 228 valence electrons. The number of carbonyl (C=O) groups is 2. The maximum atomic E-state index is 13.1. The van der Waals surface area contributed by atoms with Crippen molar-refractivity contribution in [2.75, 3.05) is 45.1 Å². The second kappa shape index (κ2) is 14.0. The zero-order valence-electron chi connectivity index (χ0n) is 25.4. The van der Waals surface area contributed by atoms with Crippen LogP contribution in [0, 0.1) is 6.92 Å². The lowest BCUT2D eigenvalue weighted by molar-refractivity contribution is 0.0200. The standard InChI is InChI=1S/C28H38N6O7S/c1-16(2)34(27(36)41-28(4,5)6)13-12-29-25-32-23(38-8)21(24(33-25)39-9)31-22(35)19-15-42-26(30-19)40-20-14-18(37-7)11-10-17(20)3/h10-11,14-16H,12-13H2,1-9H3,(H,31,35)(H,29,32,33). The van der Waals surface area contributed by atoms with Crippen molar-refractivity contribution in [1.82, 2.24) is 19.9 Å². The first kappa shape index (κ1) is 32.2.